The fourth-order valence-electron chi connectivity index (χ4n) is 1.80. The Morgan fingerprint density at radius 1 is 1.36 bits per heavy atom. The normalized spacial score (nSPS) is 11.0. The Bertz CT molecular complexity index is 900. The molecule has 22 heavy (non-hydrogen) atoms. The number of benzene rings is 1. The smallest absolute Gasteiger partial charge is 0.323 e. The van der Waals surface area contributed by atoms with Crippen LogP contribution in [0.1, 0.15) is 5.01 Å². The first-order valence-electron chi connectivity index (χ1n) is 6.15. The molecule has 10 heteroatoms. The van der Waals surface area contributed by atoms with Gasteiger partial charge < -0.3 is 15.3 Å². The average molecular weight is 400 g/mol. The second-order valence-electron chi connectivity index (χ2n) is 4.38. The van der Waals surface area contributed by atoms with E-state index < -0.39 is 0 Å². The number of nitrogens with zero attached hydrogens (tertiary/aromatic N) is 2. The topological polar surface area (TPSA) is 104 Å². The minimum Gasteiger partial charge on any atom is -0.324 e. The molecule has 0 aliphatic rings. The van der Waals surface area contributed by atoms with Crippen molar-refractivity contribution in [1.29, 1.82) is 0 Å². The van der Waals surface area contributed by atoms with Gasteiger partial charge in [-0.15, -0.1) is 10.2 Å². The molecule has 0 aliphatic carbocycles. The molecular weight excluding hydrogens is 390 g/mol. The van der Waals surface area contributed by atoms with E-state index in [9.17, 15) is 9.59 Å². The first-order valence-corrected chi connectivity index (χ1v) is 8.75. The Labute approximate surface area is 141 Å². The number of thioether (sulfide) groups is 1. The SMILES string of the molecule is Cc1nnc(SCC(=O)Nc2cc3[nH]c(=O)[nH]c3cc2Br)s1. The zero-order valence-electron chi connectivity index (χ0n) is 11.3. The summed E-state index contributed by atoms with van der Waals surface area (Å²) >= 11 is 6.16. The molecule has 114 valence electrons. The number of fused-ring (bicyclic) bond motifs is 1. The maximum Gasteiger partial charge on any atom is 0.323 e. The van der Waals surface area contributed by atoms with Gasteiger partial charge in [-0.2, -0.15) is 0 Å². The van der Waals surface area contributed by atoms with Crippen molar-refractivity contribution in [2.75, 3.05) is 11.1 Å². The summed E-state index contributed by atoms with van der Waals surface area (Å²) in [6.45, 7) is 1.87. The second kappa shape index (κ2) is 6.23. The largest absolute Gasteiger partial charge is 0.324 e. The predicted octanol–water partition coefficient (Wildman–Crippen LogP) is 2.51. The van der Waals surface area contributed by atoms with Crippen molar-refractivity contribution >= 4 is 61.7 Å². The van der Waals surface area contributed by atoms with Crippen LogP contribution in [0.3, 0.4) is 0 Å². The number of halogens is 1. The quantitative estimate of drug-likeness (QED) is 0.584. The lowest BCUT2D eigenvalue weighted by atomic mass is 10.3. The predicted molar refractivity (Wildman–Crippen MR) is 90.6 cm³/mol. The summed E-state index contributed by atoms with van der Waals surface area (Å²) in [4.78, 5) is 28.6. The fraction of sp³-hybridized carbons (Fsp3) is 0.167. The van der Waals surface area contributed by atoms with Crippen molar-refractivity contribution in [2.45, 2.75) is 11.3 Å². The van der Waals surface area contributed by atoms with E-state index in [1.165, 1.54) is 23.1 Å². The molecule has 7 nitrogen and oxygen atoms in total. The second-order valence-corrected chi connectivity index (χ2v) is 7.64. The van der Waals surface area contributed by atoms with Gasteiger partial charge in [0.25, 0.3) is 0 Å². The van der Waals surface area contributed by atoms with Crippen molar-refractivity contribution in [1.82, 2.24) is 20.2 Å². The molecule has 1 aromatic carbocycles. The number of amides is 1. The molecule has 3 rings (SSSR count). The summed E-state index contributed by atoms with van der Waals surface area (Å²) in [5, 5.41) is 11.5. The van der Waals surface area contributed by atoms with E-state index in [4.69, 9.17) is 0 Å². The molecule has 0 bridgehead atoms. The van der Waals surface area contributed by atoms with E-state index >= 15 is 0 Å². The highest BCUT2D eigenvalue weighted by Gasteiger charge is 2.10. The van der Waals surface area contributed by atoms with Gasteiger partial charge in [-0.25, -0.2) is 4.79 Å². The van der Waals surface area contributed by atoms with Crippen LogP contribution in [-0.4, -0.2) is 31.8 Å². The van der Waals surface area contributed by atoms with Crippen LogP contribution in [0.5, 0.6) is 0 Å². The lowest BCUT2D eigenvalue weighted by Crippen LogP contribution is -2.14. The average Bonchev–Trinajstić information content (AvgIpc) is 3.02. The molecule has 2 aromatic heterocycles. The molecule has 0 aliphatic heterocycles. The summed E-state index contributed by atoms with van der Waals surface area (Å²) in [6, 6.07) is 3.44. The van der Waals surface area contributed by atoms with Crippen LogP contribution in [0.25, 0.3) is 11.0 Å². The van der Waals surface area contributed by atoms with Gasteiger partial charge in [0, 0.05) is 4.47 Å². The third kappa shape index (κ3) is 3.39. The van der Waals surface area contributed by atoms with Crippen LogP contribution in [0.15, 0.2) is 25.7 Å². The summed E-state index contributed by atoms with van der Waals surface area (Å²) in [5.74, 6) is 0.0822. The van der Waals surface area contributed by atoms with Crippen LogP contribution < -0.4 is 11.0 Å². The van der Waals surface area contributed by atoms with Crippen molar-refractivity contribution < 1.29 is 4.79 Å². The summed E-state index contributed by atoms with van der Waals surface area (Å²) in [5.41, 5.74) is 1.62. The highest BCUT2D eigenvalue weighted by molar-refractivity contribution is 9.10. The molecule has 1 amide bonds. The maximum absolute atomic E-state index is 12.0. The number of H-pyrrole nitrogens is 2. The van der Waals surface area contributed by atoms with Gasteiger partial charge in [0.2, 0.25) is 5.91 Å². The lowest BCUT2D eigenvalue weighted by Gasteiger charge is -2.06. The lowest BCUT2D eigenvalue weighted by molar-refractivity contribution is -0.113. The zero-order chi connectivity index (χ0) is 15.7. The fourth-order valence-corrected chi connectivity index (χ4v) is 3.86. The minimum absolute atomic E-state index is 0.157. The van der Waals surface area contributed by atoms with Gasteiger partial charge in [-0.1, -0.05) is 23.1 Å². The Balaban J connectivity index is 1.70. The number of aryl methyl sites for hydroxylation is 1. The number of hydrogen-bond donors (Lipinski definition) is 3. The van der Waals surface area contributed by atoms with Crippen LogP contribution in [-0.2, 0) is 4.79 Å². The number of aromatic nitrogens is 4. The molecule has 0 saturated carbocycles. The standard InChI is InChI=1S/C12H10BrN5O2S2/c1-5-17-18-12(22-5)21-4-10(19)14-7-3-9-8(2-6(7)13)15-11(20)16-9/h2-3H,4H2,1H3,(H,14,19)(H2,15,16,20). The highest BCUT2D eigenvalue weighted by Crippen LogP contribution is 2.27. The first-order chi connectivity index (χ1) is 10.5. The van der Waals surface area contributed by atoms with Gasteiger partial charge in [-0.05, 0) is 35.0 Å². The van der Waals surface area contributed by atoms with Gasteiger partial charge in [0.1, 0.15) is 5.01 Å². The third-order valence-electron chi connectivity index (χ3n) is 2.71. The van der Waals surface area contributed by atoms with Gasteiger partial charge in [0.15, 0.2) is 4.34 Å². The van der Waals surface area contributed by atoms with Crippen molar-refractivity contribution in [3.8, 4) is 0 Å². The summed E-state index contributed by atoms with van der Waals surface area (Å²) < 4.78 is 1.46. The van der Waals surface area contributed by atoms with Gasteiger partial charge in [0.05, 0.1) is 22.5 Å². The number of anilines is 1. The number of nitrogens with one attached hydrogen (secondary N) is 3. The van der Waals surface area contributed by atoms with E-state index in [0.717, 1.165) is 9.35 Å². The zero-order valence-corrected chi connectivity index (χ0v) is 14.5. The minimum atomic E-state index is -0.285. The number of imidazole rings is 1. The van der Waals surface area contributed by atoms with Crippen molar-refractivity contribution in [3.63, 3.8) is 0 Å². The van der Waals surface area contributed by atoms with E-state index in [1.807, 2.05) is 6.92 Å². The molecule has 0 radical (unpaired) electrons. The molecule has 0 saturated heterocycles. The van der Waals surface area contributed by atoms with Crippen molar-refractivity contribution in [3.05, 3.63) is 32.1 Å². The molecule has 0 fully saturated rings. The van der Waals surface area contributed by atoms with E-state index in [-0.39, 0.29) is 17.3 Å². The maximum atomic E-state index is 12.0. The number of aromatic amines is 2. The third-order valence-corrected chi connectivity index (χ3v) is 5.34. The van der Waals surface area contributed by atoms with Gasteiger partial charge >= 0.3 is 5.69 Å². The summed E-state index contributed by atoms with van der Waals surface area (Å²) in [6.07, 6.45) is 0. The van der Waals surface area contributed by atoms with Crippen LogP contribution in [0.4, 0.5) is 5.69 Å². The number of hydrogen-bond acceptors (Lipinski definition) is 6. The van der Waals surface area contributed by atoms with Gasteiger partial charge in [-0.3, -0.25) is 4.79 Å². The van der Waals surface area contributed by atoms with E-state index in [2.05, 4.69) is 41.4 Å². The molecule has 2 heterocycles. The summed E-state index contributed by atoms with van der Waals surface area (Å²) in [7, 11) is 0. The molecular formula is C12H10BrN5O2S2. The number of carbonyl (C=O) groups is 1. The number of rotatable bonds is 4. The van der Waals surface area contributed by atoms with Crippen LogP contribution in [0, 0.1) is 6.92 Å². The Morgan fingerprint density at radius 3 is 2.77 bits per heavy atom. The molecule has 3 aromatic rings. The van der Waals surface area contributed by atoms with E-state index in [0.29, 0.717) is 21.2 Å². The molecule has 0 unspecified atom stereocenters. The van der Waals surface area contributed by atoms with Crippen LogP contribution >= 0.6 is 39.0 Å². The monoisotopic (exact) mass is 399 g/mol. The van der Waals surface area contributed by atoms with Crippen molar-refractivity contribution in [2.24, 2.45) is 0 Å². The highest BCUT2D eigenvalue weighted by atomic mass is 79.9. The van der Waals surface area contributed by atoms with E-state index in [1.54, 1.807) is 12.1 Å². The molecule has 0 spiro atoms. The Morgan fingerprint density at radius 2 is 2.09 bits per heavy atom. The molecule has 3 N–H and O–H groups in total. The Hall–Kier alpha value is -1.65. The van der Waals surface area contributed by atoms with Crippen LogP contribution in [0.2, 0.25) is 0 Å². The first kappa shape index (κ1) is 15.3. The Kier molecular flexibility index (Phi) is 4.32. The molecule has 0 atom stereocenters. The number of carbonyl (C=O) groups excluding carboxylic acids is 1.